The van der Waals surface area contributed by atoms with Gasteiger partial charge in [-0.05, 0) is 62.1 Å². The van der Waals surface area contributed by atoms with E-state index in [4.69, 9.17) is 4.98 Å². The Labute approximate surface area is 181 Å². The second-order valence-corrected chi connectivity index (χ2v) is 8.28. The Morgan fingerprint density at radius 3 is 2.26 bits per heavy atom. The van der Waals surface area contributed by atoms with Crippen LogP contribution in [0, 0.1) is 0 Å². The van der Waals surface area contributed by atoms with Gasteiger partial charge in [0.25, 0.3) is 11.8 Å². The number of carbonyl (C=O) groups is 2. The third kappa shape index (κ3) is 3.98. The summed E-state index contributed by atoms with van der Waals surface area (Å²) in [6.45, 7) is 3.48. The number of nitrogens with zero attached hydrogens (tertiary/aromatic N) is 3. The van der Waals surface area contributed by atoms with Gasteiger partial charge in [0.05, 0.1) is 11.1 Å². The first-order chi connectivity index (χ1) is 15.2. The van der Waals surface area contributed by atoms with Gasteiger partial charge in [0, 0.05) is 42.8 Å². The van der Waals surface area contributed by atoms with Crippen LogP contribution in [-0.4, -0.2) is 47.9 Å². The first kappa shape index (κ1) is 19.5. The van der Waals surface area contributed by atoms with E-state index in [1.165, 1.54) is 0 Å². The minimum absolute atomic E-state index is 0.0606. The minimum atomic E-state index is -0.182. The standard InChI is InChI=1S/C25H26N4O2/c30-24(26-20-11-9-18(10-12-20)25(31)29-15-5-6-16-29)21-17-19-7-1-2-8-22(19)27-23(21)28-13-3-4-14-28/h1-2,7-12,17H,3-6,13-16H2,(H,26,30). The maximum absolute atomic E-state index is 13.2. The monoisotopic (exact) mass is 414 g/mol. The summed E-state index contributed by atoms with van der Waals surface area (Å²) in [6, 6.07) is 17.0. The average Bonchev–Trinajstić information content (AvgIpc) is 3.53. The number of para-hydroxylation sites is 1. The fourth-order valence-electron chi connectivity index (χ4n) is 4.44. The molecule has 1 aromatic heterocycles. The molecule has 6 heteroatoms. The lowest BCUT2D eigenvalue weighted by atomic mass is 10.1. The second kappa shape index (κ2) is 8.38. The van der Waals surface area contributed by atoms with Crippen LogP contribution in [-0.2, 0) is 0 Å². The smallest absolute Gasteiger partial charge is 0.259 e. The molecule has 0 bridgehead atoms. The Bertz CT molecular complexity index is 1110. The van der Waals surface area contributed by atoms with E-state index in [2.05, 4.69) is 10.2 Å². The minimum Gasteiger partial charge on any atom is -0.356 e. The van der Waals surface area contributed by atoms with Crippen molar-refractivity contribution < 1.29 is 9.59 Å². The Kier molecular flexibility index (Phi) is 5.28. The summed E-state index contributed by atoms with van der Waals surface area (Å²) >= 11 is 0. The summed E-state index contributed by atoms with van der Waals surface area (Å²) in [7, 11) is 0. The number of nitrogens with one attached hydrogen (secondary N) is 1. The van der Waals surface area contributed by atoms with Gasteiger partial charge in [0.1, 0.15) is 5.82 Å². The maximum atomic E-state index is 13.2. The number of hydrogen-bond acceptors (Lipinski definition) is 4. The molecule has 0 radical (unpaired) electrons. The zero-order valence-corrected chi connectivity index (χ0v) is 17.5. The molecule has 0 atom stereocenters. The maximum Gasteiger partial charge on any atom is 0.259 e. The molecular weight excluding hydrogens is 388 g/mol. The largest absolute Gasteiger partial charge is 0.356 e. The van der Waals surface area contributed by atoms with Crippen LogP contribution in [0.5, 0.6) is 0 Å². The number of anilines is 2. The van der Waals surface area contributed by atoms with Crippen molar-refractivity contribution in [3.63, 3.8) is 0 Å². The van der Waals surface area contributed by atoms with Crippen molar-refractivity contribution in [3.05, 3.63) is 65.7 Å². The molecule has 1 N–H and O–H groups in total. The quantitative estimate of drug-likeness (QED) is 0.690. The number of rotatable bonds is 4. The molecule has 2 aromatic carbocycles. The van der Waals surface area contributed by atoms with Gasteiger partial charge in [-0.15, -0.1) is 0 Å². The number of aromatic nitrogens is 1. The molecule has 2 aliphatic heterocycles. The van der Waals surface area contributed by atoms with E-state index in [-0.39, 0.29) is 11.8 Å². The molecule has 2 amide bonds. The normalized spacial score (nSPS) is 16.1. The predicted molar refractivity (Wildman–Crippen MR) is 123 cm³/mol. The van der Waals surface area contributed by atoms with Crippen molar-refractivity contribution in [2.24, 2.45) is 0 Å². The van der Waals surface area contributed by atoms with E-state index < -0.39 is 0 Å². The molecule has 2 aliphatic rings. The van der Waals surface area contributed by atoms with Crippen LogP contribution in [0.4, 0.5) is 11.5 Å². The molecule has 6 nitrogen and oxygen atoms in total. The van der Waals surface area contributed by atoms with Crippen molar-refractivity contribution >= 4 is 34.2 Å². The molecule has 0 saturated carbocycles. The summed E-state index contributed by atoms with van der Waals surface area (Å²) < 4.78 is 0. The Hall–Kier alpha value is -3.41. The summed E-state index contributed by atoms with van der Waals surface area (Å²) in [4.78, 5) is 34.6. The molecule has 0 spiro atoms. The van der Waals surface area contributed by atoms with Crippen LogP contribution in [0.25, 0.3) is 10.9 Å². The van der Waals surface area contributed by atoms with E-state index in [0.29, 0.717) is 16.8 Å². The van der Waals surface area contributed by atoms with Gasteiger partial charge in [0.15, 0.2) is 0 Å². The molecule has 2 saturated heterocycles. The highest BCUT2D eigenvalue weighted by Crippen LogP contribution is 2.27. The summed E-state index contributed by atoms with van der Waals surface area (Å²) in [5.41, 5.74) is 2.80. The lowest BCUT2D eigenvalue weighted by molar-refractivity contribution is 0.0792. The lowest BCUT2D eigenvalue weighted by Gasteiger charge is -2.20. The van der Waals surface area contributed by atoms with Crippen molar-refractivity contribution in [2.45, 2.75) is 25.7 Å². The van der Waals surface area contributed by atoms with Crippen molar-refractivity contribution in [2.75, 3.05) is 36.4 Å². The van der Waals surface area contributed by atoms with Crippen LogP contribution < -0.4 is 10.2 Å². The van der Waals surface area contributed by atoms with Crippen LogP contribution in [0.1, 0.15) is 46.4 Å². The SMILES string of the molecule is O=C(Nc1ccc(C(=O)N2CCCC2)cc1)c1cc2ccccc2nc1N1CCCC1. The van der Waals surface area contributed by atoms with E-state index >= 15 is 0 Å². The van der Waals surface area contributed by atoms with Gasteiger partial charge in [-0.25, -0.2) is 4.98 Å². The van der Waals surface area contributed by atoms with Crippen LogP contribution in [0.15, 0.2) is 54.6 Å². The van der Waals surface area contributed by atoms with Gasteiger partial charge in [0.2, 0.25) is 0 Å². The van der Waals surface area contributed by atoms with Gasteiger partial charge in [-0.2, -0.15) is 0 Å². The van der Waals surface area contributed by atoms with Gasteiger partial charge >= 0.3 is 0 Å². The highest BCUT2D eigenvalue weighted by molar-refractivity contribution is 6.09. The molecule has 3 aromatic rings. The predicted octanol–water partition coefficient (Wildman–Crippen LogP) is 4.32. The molecule has 158 valence electrons. The molecule has 31 heavy (non-hydrogen) atoms. The highest BCUT2D eigenvalue weighted by Gasteiger charge is 2.23. The van der Waals surface area contributed by atoms with E-state index in [1.807, 2.05) is 35.2 Å². The lowest BCUT2D eigenvalue weighted by Crippen LogP contribution is -2.27. The zero-order valence-electron chi connectivity index (χ0n) is 17.5. The molecule has 0 aliphatic carbocycles. The average molecular weight is 415 g/mol. The number of carbonyl (C=O) groups excluding carboxylic acids is 2. The van der Waals surface area contributed by atoms with E-state index in [1.54, 1.807) is 24.3 Å². The third-order valence-corrected chi connectivity index (χ3v) is 6.14. The number of hydrogen-bond donors (Lipinski definition) is 1. The first-order valence-corrected chi connectivity index (χ1v) is 11.0. The van der Waals surface area contributed by atoms with Crippen molar-refractivity contribution in [3.8, 4) is 0 Å². The van der Waals surface area contributed by atoms with E-state index in [9.17, 15) is 9.59 Å². The van der Waals surface area contributed by atoms with Crippen molar-refractivity contribution in [1.82, 2.24) is 9.88 Å². The van der Waals surface area contributed by atoms with Gasteiger partial charge < -0.3 is 15.1 Å². The van der Waals surface area contributed by atoms with Crippen LogP contribution >= 0.6 is 0 Å². The van der Waals surface area contributed by atoms with E-state index in [0.717, 1.165) is 68.6 Å². The summed E-state index contributed by atoms with van der Waals surface area (Å²) in [6.07, 6.45) is 4.36. The highest BCUT2D eigenvalue weighted by atomic mass is 16.2. The molecule has 5 rings (SSSR count). The summed E-state index contributed by atoms with van der Waals surface area (Å²) in [5, 5.41) is 3.94. The number of pyridine rings is 1. The molecule has 2 fully saturated rings. The molecule has 3 heterocycles. The van der Waals surface area contributed by atoms with Gasteiger partial charge in [-0.3, -0.25) is 9.59 Å². The summed E-state index contributed by atoms with van der Waals surface area (Å²) in [5.74, 6) is 0.624. The van der Waals surface area contributed by atoms with Crippen LogP contribution in [0.2, 0.25) is 0 Å². The third-order valence-electron chi connectivity index (χ3n) is 6.14. The zero-order chi connectivity index (χ0) is 21.2. The Morgan fingerprint density at radius 1 is 0.839 bits per heavy atom. The first-order valence-electron chi connectivity index (χ1n) is 11.0. The fraction of sp³-hybridized carbons (Fsp3) is 0.320. The molecular formula is C25H26N4O2. The van der Waals surface area contributed by atoms with Crippen LogP contribution in [0.3, 0.4) is 0 Å². The second-order valence-electron chi connectivity index (χ2n) is 8.28. The number of amides is 2. The fourth-order valence-corrected chi connectivity index (χ4v) is 4.44. The Balaban J connectivity index is 1.39. The number of benzene rings is 2. The number of likely N-dealkylation sites (tertiary alicyclic amines) is 1. The van der Waals surface area contributed by atoms with Crippen molar-refractivity contribution in [1.29, 1.82) is 0 Å². The number of fused-ring (bicyclic) bond motifs is 1. The van der Waals surface area contributed by atoms with Gasteiger partial charge in [-0.1, -0.05) is 18.2 Å². The topological polar surface area (TPSA) is 65.5 Å². The Morgan fingerprint density at radius 2 is 1.52 bits per heavy atom. The molecule has 0 unspecified atom stereocenters.